The minimum absolute atomic E-state index is 0.0127. The van der Waals surface area contributed by atoms with Crippen LogP contribution >= 0.6 is 0 Å². The standard InChI is InChI=1S/C40H56N4O5/c1-3-5-6-13-31(37(48)22-30(45)10-4-2)35(46)16-14-27-15-17-36(47)38(20-27)49-26-44-24-32-33(23-43-34(32)25-44)40(18-7-8-19-40)29-12-9-11-28(21-29)39(41)42/h9,11-12,15,17,20-21,23-25,30-31,37,39,43,45,47-48H,3-8,10,13-14,16,18-19,22,26,41-42H2,1-2H3/t30-,31-,37-/m1/s1. The van der Waals surface area contributed by atoms with Gasteiger partial charge in [0.1, 0.15) is 5.78 Å². The van der Waals surface area contributed by atoms with Crippen LogP contribution in [-0.4, -0.2) is 42.9 Å². The molecule has 5 rings (SSSR count). The molecule has 0 aliphatic heterocycles. The third-order valence-corrected chi connectivity index (χ3v) is 10.5. The van der Waals surface area contributed by atoms with Crippen molar-refractivity contribution in [2.75, 3.05) is 0 Å². The van der Waals surface area contributed by atoms with Crippen molar-refractivity contribution in [3.63, 3.8) is 0 Å². The number of aryl methyl sites for hydroxylation is 1. The highest BCUT2D eigenvalue weighted by Gasteiger charge is 2.39. The molecule has 3 atom stereocenters. The lowest BCUT2D eigenvalue weighted by molar-refractivity contribution is -0.127. The van der Waals surface area contributed by atoms with Crippen LogP contribution in [0, 0.1) is 5.92 Å². The number of aliphatic hydroxyl groups excluding tert-OH is 2. The van der Waals surface area contributed by atoms with Crippen LogP contribution in [0.4, 0.5) is 0 Å². The summed E-state index contributed by atoms with van der Waals surface area (Å²) in [6.07, 6.45) is 14.6. The first-order valence-corrected chi connectivity index (χ1v) is 18.3. The summed E-state index contributed by atoms with van der Waals surface area (Å²) in [6, 6.07) is 13.6. The fraction of sp³-hybridized carbons (Fsp3) is 0.525. The van der Waals surface area contributed by atoms with Gasteiger partial charge in [-0.05, 0) is 72.9 Å². The molecule has 1 saturated carbocycles. The van der Waals surface area contributed by atoms with Crippen molar-refractivity contribution in [3.8, 4) is 11.5 Å². The van der Waals surface area contributed by atoms with Gasteiger partial charge in [-0.2, -0.15) is 0 Å². The molecule has 266 valence electrons. The second kappa shape index (κ2) is 16.9. The number of nitrogens with zero attached hydrogens (tertiary/aromatic N) is 1. The number of aromatic hydroxyl groups is 1. The Labute approximate surface area is 290 Å². The topological polar surface area (TPSA) is 160 Å². The molecule has 0 amide bonds. The summed E-state index contributed by atoms with van der Waals surface area (Å²) in [5.41, 5.74) is 17.3. The predicted octanol–water partition coefficient (Wildman–Crippen LogP) is 7.10. The van der Waals surface area contributed by atoms with E-state index in [0.29, 0.717) is 25.0 Å². The van der Waals surface area contributed by atoms with E-state index in [0.717, 1.165) is 73.4 Å². The maximum atomic E-state index is 13.4. The molecule has 49 heavy (non-hydrogen) atoms. The summed E-state index contributed by atoms with van der Waals surface area (Å²) in [6.45, 7) is 4.31. The van der Waals surface area contributed by atoms with Crippen LogP contribution in [0.25, 0.3) is 10.9 Å². The lowest BCUT2D eigenvalue weighted by atomic mass is 9.73. The molecule has 2 aromatic carbocycles. The molecule has 1 aliphatic rings. The summed E-state index contributed by atoms with van der Waals surface area (Å²) < 4.78 is 8.10. The zero-order chi connectivity index (χ0) is 35.0. The largest absolute Gasteiger partial charge is 0.504 e. The predicted molar refractivity (Wildman–Crippen MR) is 194 cm³/mol. The zero-order valence-electron chi connectivity index (χ0n) is 29.2. The van der Waals surface area contributed by atoms with E-state index in [4.69, 9.17) is 16.2 Å². The van der Waals surface area contributed by atoms with Crippen LogP contribution in [0.3, 0.4) is 0 Å². The van der Waals surface area contributed by atoms with Crippen molar-refractivity contribution in [2.24, 2.45) is 17.4 Å². The molecular weight excluding hydrogens is 616 g/mol. The molecule has 0 unspecified atom stereocenters. The Hall–Kier alpha value is -3.63. The number of aromatic amines is 1. The molecule has 0 bridgehead atoms. The average Bonchev–Trinajstić information content (AvgIpc) is 3.83. The number of nitrogens with one attached hydrogen (secondary N) is 1. The number of aliphatic hydroxyl groups is 2. The number of H-pyrrole nitrogens is 1. The number of phenols is 1. The van der Waals surface area contributed by atoms with Crippen LogP contribution in [0.1, 0.15) is 119 Å². The number of hydrogen-bond donors (Lipinski definition) is 6. The Kier molecular flexibility index (Phi) is 12.6. The molecule has 2 heterocycles. The van der Waals surface area contributed by atoms with E-state index >= 15 is 0 Å². The number of phenolic OH excluding ortho intramolecular Hbond substituents is 1. The summed E-state index contributed by atoms with van der Waals surface area (Å²) in [7, 11) is 0. The lowest BCUT2D eigenvalue weighted by Gasteiger charge is -2.30. The molecular formula is C40H56N4O5. The van der Waals surface area contributed by atoms with Crippen LogP contribution < -0.4 is 16.2 Å². The van der Waals surface area contributed by atoms with Crippen LogP contribution in [0.5, 0.6) is 11.5 Å². The Morgan fingerprint density at radius 3 is 2.55 bits per heavy atom. The van der Waals surface area contributed by atoms with Crippen LogP contribution in [-0.2, 0) is 23.4 Å². The number of rotatable bonds is 19. The van der Waals surface area contributed by atoms with Gasteiger partial charge in [0, 0.05) is 41.7 Å². The summed E-state index contributed by atoms with van der Waals surface area (Å²) in [5, 5.41) is 32.9. The van der Waals surface area contributed by atoms with Crippen molar-refractivity contribution in [1.82, 2.24) is 9.55 Å². The number of Topliss-reactive ketones (excluding diaryl/α,β-unsaturated/α-hetero) is 1. The van der Waals surface area contributed by atoms with Crippen molar-refractivity contribution in [1.29, 1.82) is 0 Å². The summed E-state index contributed by atoms with van der Waals surface area (Å²) >= 11 is 0. The van der Waals surface area contributed by atoms with E-state index < -0.39 is 24.3 Å². The number of unbranched alkanes of at least 4 members (excludes halogenated alkanes) is 2. The van der Waals surface area contributed by atoms with Gasteiger partial charge in [-0.15, -0.1) is 0 Å². The normalized spacial score (nSPS) is 16.3. The highest BCUT2D eigenvalue weighted by atomic mass is 16.5. The first kappa shape index (κ1) is 36.6. The summed E-state index contributed by atoms with van der Waals surface area (Å²) in [4.78, 5) is 16.8. The molecule has 9 heteroatoms. The fourth-order valence-electron chi connectivity index (χ4n) is 7.77. The van der Waals surface area contributed by atoms with Gasteiger partial charge in [0.25, 0.3) is 0 Å². The second-order valence-corrected chi connectivity index (χ2v) is 14.1. The third-order valence-electron chi connectivity index (χ3n) is 10.5. The Bertz CT molecular complexity index is 1650. The van der Waals surface area contributed by atoms with Crippen LogP contribution in [0.15, 0.2) is 61.1 Å². The fourth-order valence-corrected chi connectivity index (χ4v) is 7.77. The van der Waals surface area contributed by atoms with Gasteiger partial charge in [-0.3, -0.25) is 4.79 Å². The highest BCUT2D eigenvalue weighted by Crippen LogP contribution is 2.49. The first-order valence-electron chi connectivity index (χ1n) is 18.3. The number of carbonyl (C=O) groups is 1. The summed E-state index contributed by atoms with van der Waals surface area (Å²) in [5.74, 6) is -0.0838. The molecule has 0 spiro atoms. The zero-order valence-corrected chi connectivity index (χ0v) is 29.2. The van der Waals surface area contributed by atoms with E-state index in [1.165, 1.54) is 11.1 Å². The maximum absolute atomic E-state index is 13.4. The van der Waals surface area contributed by atoms with Gasteiger partial charge in [0.15, 0.2) is 18.2 Å². The Morgan fingerprint density at radius 1 is 1.02 bits per heavy atom. The quantitative estimate of drug-likeness (QED) is 0.0458. The Balaban J connectivity index is 1.26. The Morgan fingerprint density at radius 2 is 1.82 bits per heavy atom. The smallest absolute Gasteiger partial charge is 0.165 e. The molecule has 4 aromatic rings. The average molecular weight is 673 g/mol. The molecule has 0 saturated heterocycles. The van der Waals surface area contributed by atoms with Gasteiger partial charge in [0.05, 0.1) is 23.9 Å². The monoisotopic (exact) mass is 672 g/mol. The molecule has 9 nitrogen and oxygen atoms in total. The molecule has 8 N–H and O–H groups in total. The van der Waals surface area contributed by atoms with Crippen molar-refractivity contribution < 1.29 is 24.9 Å². The highest BCUT2D eigenvalue weighted by molar-refractivity contribution is 5.85. The number of fused-ring (bicyclic) bond motifs is 1. The van der Waals surface area contributed by atoms with E-state index in [1.54, 1.807) is 12.1 Å². The van der Waals surface area contributed by atoms with Gasteiger partial charge in [0.2, 0.25) is 0 Å². The molecule has 1 aliphatic carbocycles. The van der Waals surface area contributed by atoms with Gasteiger partial charge < -0.3 is 41.1 Å². The molecule has 0 radical (unpaired) electrons. The number of carbonyl (C=O) groups excluding carboxylic acids is 1. The minimum atomic E-state index is -0.851. The van der Waals surface area contributed by atoms with E-state index in [1.807, 2.05) is 35.9 Å². The van der Waals surface area contributed by atoms with Gasteiger partial charge >= 0.3 is 0 Å². The minimum Gasteiger partial charge on any atom is -0.504 e. The van der Waals surface area contributed by atoms with Gasteiger partial charge in [-0.1, -0.05) is 82.7 Å². The lowest BCUT2D eigenvalue weighted by Crippen LogP contribution is -2.32. The third kappa shape index (κ3) is 8.76. The molecule has 1 fully saturated rings. The number of aromatic nitrogens is 2. The van der Waals surface area contributed by atoms with E-state index in [-0.39, 0.29) is 36.5 Å². The van der Waals surface area contributed by atoms with E-state index in [9.17, 15) is 20.1 Å². The second-order valence-electron chi connectivity index (χ2n) is 14.1. The van der Waals surface area contributed by atoms with E-state index in [2.05, 4.69) is 36.4 Å². The number of hydrogen-bond acceptors (Lipinski definition) is 7. The number of benzene rings is 2. The molecule has 2 aromatic heterocycles. The van der Waals surface area contributed by atoms with Gasteiger partial charge in [-0.25, -0.2) is 0 Å². The number of nitrogens with two attached hydrogens (primary N) is 2. The van der Waals surface area contributed by atoms with Crippen molar-refractivity contribution >= 4 is 16.7 Å². The SMILES string of the molecule is CCCCC[C@H](C(=O)CCc1ccc(O)c(OCn2cc3[nH]cc(C4(c5cccc(C(N)N)c5)CCCC4)c3c2)c1)[C@H](O)C[C@H](O)CCC. The first-order chi connectivity index (χ1) is 23.6. The van der Waals surface area contributed by atoms with Crippen molar-refractivity contribution in [3.05, 3.63) is 83.3 Å². The maximum Gasteiger partial charge on any atom is 0.165 e. The van der Waals surface area contributed by atoms with Crippen LogP contribution in [0.2, 0.25) is 0 Å². The van der Waals surface area contributed by atoms with Crippen molar-refractivity contribution in [2.45, 2.75) is 128 Å². The number of ether oxygens (including phenoxy) is 1. The number of ketones is 1.